The highest BCUT2D eigenvalue weighted by atomic mass is 14.8. The minimum Gasteiger partial charge on any atom is -0.0628 e. The molecular formula is C26H50. The van der Waals surface area contributed by atoms with E-state index in [1.165, 1.54) is 6.42 Å². The van der Waals surface area contributed by atoms with E-state index in [9.17, 15) is 0 Å². The van der Waals surface area contributed by atoms with Gasteiger partial charge in [0.15, 0.2) is 0 Å². The van der Waals surface area contributed by atoms with Crippen LogP contribution in [0.2, 0.25) is 0 Å². The van der Waals surface area contributed by atoms with Crippen LogP contribution in [0.3, 0.4) is 0 Å². The summed E-state index contributed by atoms with van der Waals surface area (Å²) in [6.45, 7) is 35.5. The number of hydrogen-bond donors (Lipinski definition) is 0. The van der Waals surface area contributed by atoms with Gasteiger partial charge in [-0.2, -0.15) is 0 Å². The average molecular weight is 363 g/mol. The molecule has 26 heavy (non-hydrogen) atoms. The summed E-state index contributed by atoms with van der Waals surface area (Å²) in [6, 6.07) is 0. The van der Waals surface area contributed by atoms with Gasteiger partial charge in [-0.15, -0.1) is 0 Å². The van der Waals surface area contributed by atoms with Crippen LogP contribution in [0.25, 0.3) is 0 Å². The standard InChI is InChI=1S/C26H50/c1-16(2)15-20-18(5)25(13)21(20)19(6)26(25,14)24(11,12)23(9,10)22(7,8)17(3)4/h16-21H,15H2,1-14H3. The fourth-order valence-electron chi connectivity index (χ4n) is 8.16. The Bertz CT molecular complexity index is 534. The third kappa shape index (κ3) is 2.20. The lowest BCUT2D eigenvalue weighted by Crippen LogP contribution is -2.80. The van der Waals surface area contributed by atoms with Gasteiger partial charge in [0.25, 0.3) is 0 Å². The zero-order valence-corrected chi connectivity index (χ0v) is 20.7. The Morgan fingerprint density at radius 2 is 1.27 bits per heavy atom. The molecule has 0 N–H and O–H groups in total. The van der Waals surface area contributed by atoms with E-state index in [-0.39, 0.29) is 10.8 Å². The summed E-state index contributed by atoms with van der Waals surface area (Å²) in [5.41, 5.74) is 1.77. The Morgan fingerprint density at radius 3 is 1.65 bits per heavy atom. The van der Waals surface area contributed by atoms with Gasteiger partial charge in [0, 0.05) is 0 Å². The average Bonchev–Trinajstić information content (AvgIpc) is 2.51. The Kier molecular flexibility index (Phi) is 5.14. The van der Waals surface area contributed by atoms with Crippen molar-refractivity contribution in [1.82, 2.24) is 0 Å². The summed E-state index contributed by atoms with van der Waals surface area (Å²) in [5.74, 6) is 5.07. The summed E-state index contributed by atoms with van der Waals surface area (Å²) in [5, 5.41) is 0. The lowest BCUT2D eigenvalue weighted by molar-refractivity contribution is -0.379. The van der Waals surface area contributed by atoms with Crippen LogP contribution in [0.4, 0.5) is 0 Å². The molecule has 0 aromatic heterocycles. The Morgan fingerprint density at radius 1 is 0.808 bits per heavy atom. The summed E-state index contributed by atoms with van der Waals surface area (Å²) in [4.78, 5) is 0. The van der Waals surface area contributed by atoms with Crippen LogP contribution in [-0.2, 0) is 0 Å². The summed E-state index contributed by atoms with van der Waals surface area (Å²) in [6.07, 6.45) is 1.42. The van der Waals surface area contributed by atoms with Crippen LogP contribution in [0.15, 0.2) is 0 Å². The molecular weight excluding hydrogens is 312 g/mol. The lowest BCUT2D eigenvalue weighted by atomic mass is 9.19. The van der Waals surface area contributed by atoms with Crippen LogP contribution in [0.5, 0.6) is 0 Å². The summed E-state index contributed by atoms with van der Waals surface area (Å²) >= 11 is 0. The molecule has 0 nitrogen and oxygen atoms in total. The van der Waals surface area contributed by atoms with Crippen LogP contribution in [0.1, 0.15) is 103 Å². The van der Waals surface area contributed by atoms with Gasteiger partial charge >= 0.3 is 0 Å². The second-order valence-electron chi connectivity index (χ2n) is 13.0. The van der Waals surface area contributed by atoms with E-state index < -0.39 is 0 Å². The van der Waals surface area contributed by atoms with Crippen molar-refractivity contribution in [3.63, 3.8) is 0 Å². The molecule has 0 saturated heterocycles. The molecule has 0 aromatic rings. The molecule has 0 bridgehead atoms. The van der Waals surface area contributed by atoms with E-state index in [1.54, 1.807) is 0 Å². The minimum absolute atomic E-state index is 0.272. The van der Waals surface area contributed by atoms with Crippen molar-refractivity contribution in [2.45, 2.75) is 103 Å². The van der Waals surface area contributed by atoms with E-state index in [0.29, 0.717) is 22.2 Å². The topological polar surface area (TPSA) is 0 Å². The summed E-state index contributed by atoms with van der Waals surface area (Å²) < 4.78 is 0. The predicted octanol–water partition coefficient (Wildman–Crippen LogP) is 8.31. The van der Waals surface area contributed by atoms with Gasteiger partial charge in [-0.1, -0.05) is 96.9 Å². The molecule has 2 aliphatic rings. The van der Waals surface area contributed by atoms with Crippen LogP contribution in [-0.4, -0.2) is 0 Å². The van der Waals surface area contributed by atoms with Gasteiger partial charge < -0.3 is 0 Å². The lowest BCUT2D eigenvalue weighted by Gasteiger charge is -2.85. The molecule has 0 heterocycles. The van der Waals surface area contributed by atoms with Crippen molar-refractivity contribution in [3.8, 4) is 0 Å². The van der Waals surface area contributed by atoms with Gasteiger partial charge in [-0.3, -0.25) is 0 Å². The normalized spacial score (nSPS) is 41.1. The third-order valence-corrected chi connectivity index (χ3v) is 12.0. The maximum absolute atomic E-state index is 2.66. The Hall–Kier alpha value is 0. The molecule has 154 valence electrons. The van der Waals surface area contributed by atoms with E-state index in [1.807, 2.05) is 0 Å². The molecule has 6 unspecified atom stereocenters. The molecule has 6 atom stereocenters. The Labute approximate surface area is 166 Å². The summed E-state index contributed by atoms with van der Waals surface area (Å²) in [7, 11) is 0. The molecule has 0 aliphatic heterocycles. The molecule has 2 fully saturated rings. The molecule has 0 heteroatoms. The first kappa shape index (κ1) is 22.3. The number of hydrogen-bond acceptors (Lipinski definition) is 0. The smallest absolute Gasteiger partial charge is 0.0181 e. The highest BCUT2D eigenvalue weighted by Crippen LogP contribution is 2.85. The number of rotatable bonds is 6. The largest absolute Gasteiger partial charge is 0.0628 e. The second-order valence-corrected chi connectivity index (χ2v) is 13.0. The highest BCUT2D eigenvalue weighted by Gasteiger charge is 2.80. The molecule has 2 aliphatic carbocycles. The Balaban J connectivity index is 2.45. The van der Waals surface area contributed by atoms with Crippen molar-refractivity contribution in [3.05, 3.63) is 0 Å². The van der Waals surface area contributed by atoms with Crippen molar-refractivity contribution in [2.75, 3.05) is 0 Å². The predicted molar refractivity (Wildman–Crippen MR) is 117 cm³/mol. The zero-order chi connectivity index (χ0) is 20.7. The van der Waals surface area contributed by atoms with Crippen molar-refractivity contribution in [1.29, 1.82) is 0 Å². The molecule has 2 saturated carbocycles. The molecule has 0 spiro atoms. The minimum atomic E-state index is 0.272. The van der Waals surface area contributed by atoms with Crippen LogP contribution >= 0.6 is 0 Å². The first-order valence-electron chi connectivity index (χ1n) is 11.4. The second kappa shape index (κ2) is 6.00. The quantitative estimate of drug-likeness (QED) is 0.445. The molecule has 0 amide bonds. The highest BCUT2D eigenvalue weighted by molar-refractivity contribution is 5.28. The molecule has 0 radical (unpaired) electrons. The fraction of sp³-hybridized carbons (Fsp3) is 1.00. The van der Waals surface area contributed by atoms with Crippen molar-refractivity contribution in [2.24, 2.45) is 62.6 Å². The van der Waals surface area contributed by atoms with Crippen LogP contribution < -0.4 is 0 Å². The van der Waals surface area contributed by atoms with E-state index in [2.05, 4.69) is 96.9 Å². The maximum atomic E-state index is 2.66. The van der Waals surface area contributed by atoms with Crippen molar-refractivity contribution >= 4 is 0 Å². The van der Waals surface area contributed by atoms with Gasteiger partial charge in [-0.05, 0) is 69.0 Å². The molecule has 0 aromatic carbocycles. The van der Waals surface area contributed by atoms with Crippen molar-refractivity contribution < 1.29 is 0 Å². The van der Waals surface area contributed by atoms with E-state index in [0.717, 1.165) is 29.6 Å². The van der Waals surface area contributed by atoms with E-state index >= 15 is 0 Å². The SMILES string of the molecule is CC(C)CC1C(C)C2(C)C1C(C)C2(C)C(C)(C)C(C)(C)C(C)(C)C(C)C. The van der Waals surface area contributed by atoms with Crippen LogP contribution in [0, 0.1) is 62.6 Å². The monoisotopic (exact) mass is 362 g/mol. The zero-order valence-electron chi connectivity index (χ0n) is 20.7. The molecule has 2 rings (SSSR count). The van der Waals surface area contributed by atoms with Gasteiger partial charge in [0.2, 0.25) is 0 Å². The fourth-order valence-corrected chi connectivity index (χ4v) is 8.16. The number of fused-ring (bicyclic) bond motifs is 1. The first-order chi connectivity index (χ1) is 11.4. The third-order valence-electron chi connectivity index (χ3n) is 12.0. The van der Waals surface area contributed by atoms with Gasteiger partial charge in [0.05, 0.1) is 0 Å². The van der Waals surface area contributed by atoms with Gasteiger partial charge in [0.1, 0.15) is 0 Å². The van der Waals surface area contributed by atoms with E-state index in [4.69, 9.17) is 0 Å². The maximum Gasteiger partial charge on any atom is -0.0181 e. The first-order valence-corrected chi connectivity index (χ1v) is 11.4. The van der Waals surface area contributed by atoms with Gasteiger partial charge in [-0.25, -0.2) is 0 Å².